The Bertz CT molecular complexity index is 573. The average Bonchev–Trinajstić information content (AvgIpc) is 2.45. The lowest BCUT2D eigenvalue weighted by Gasteiger charge is -2.19. The van der Waals surface area contributed by atoms with Crippen molar-refractivity contribution in [1.29, 1.82) is 0 Å². The third kappa shape index (κ3) is 3.81. The van der Waals surface area contributed by atoms with Crippen molar-refractivity contribution >= 4 is 0 Å². The van der Waals surface area contributed by atoms with E-state index in [4.69, 9.17) is 10.5 Å². The number of hydrogen-bond donors (Lipinski definition) is 1. The van der Waals surface area contributed by atoms with Crippen LogP contribution < -0.4 is 10.5 Å². The quantitative estimate of drug-likeness (QED) is 0.926. The van der Waals surface area contributed by atoms with Crippen LogP contribution in [0.5, 0.6) is 5.75 Å². The Labute approximate surface area is 120 Å². The topological polar surface area (TPSA) is 48.1 Å². The molecule has 0 bridgehead atoms. The molecule has 3 nitrogen and oxygen atoms in total. The maximum absolute atomic E-state index is 5.82. The van der Waals surface area contributed by atoms with Crippen molar-refractivity contribution in [3.63, 3.8) is 0 Å². The highest BCUT2D eigenvalue weighted by Crippen LogP contribution is 2.25. The van der Waals surface area contributed by atoms with Gasteiger partial charge in [-0.25, -0.2) is 0 Å². The van der Waals surface area contributed by atoms with Crippen LogP contribution in [0.3, 0.4) is 0 Å². The summed E-state index contributed by atoms with van der Waals surface area (Å²) in [6.07, 6.45) is 0. The molecule has 2 rings (SSSR count). The Balaban J connectivity index is 2.07. The summed E-state index contributed by atoms with van der Waals surface area (Å²) in [6.45, 7) is 7.49. The monoisotopic (exact) mass is 270 g/mol. The van der Waals surface area contributed by atoms with Crippen molar-refractivity contribution in [2.75, 3.05) is 0 Å². The average molecular weight is 270 g/mol. The fraction of sp³-hybridized carbons (Fsp3) is 0.353. The van der Waals surface area contributed by atoms with Crippen LogP contribution in [0, 0.1) is 0 Å². The van der Waals surface area contributed by atoms with E-state index in [-0.39, 0.29) is 5.41 Å². The summed E-state index contributed by atoms with van der Waals surface area (Å²) in [6, 6.07) is 14.0. The Morgan fingerprint density at radius 1 is 1.05 bits per heavy atom. The Morgan fingerprint density at radius 2 is 1.75 bits per heavy atom. The van der Waals surface area contributed by atoms with Gasteiger partial charge in [0.2, 0.25) is 0 Å². The minimum atomic E-state index is 0.122. The van der Waals surface area contributed by atoms with E-state index in [0.717, 1.165) is 17.1 Å². The van der Waals surface area contributed by atoms with E-state index in [9.17, 15) is 0 Å². The van der Waals surface area contributed by atoms with E-state index in [1.54, 1.807) is 0 Å². The zero-order valence-electron chi connectivity index (χ0n) is 12.4. The summed E-state index contributed by atoms with van der Waals surface area (Å²) in [7, 11) is 0. The summed E-state index contributed by atoms with van der Waals surface area (Å²) >= 11 is 0. The molecule has 0 fully saturated rings. The molecular formula is C17H22N2O. The molecule has 0 aliphatic heterocycles. The van der Waals surface area contributed by atoms with E-state index in [2.05, 4.69) is 37.9 Å². The lowest BCUT2D eigenvalue weighted by Crippen LogP contribution is -2.11. The SMILES string of the molecule is CC(C)(C)c1cccc(OCc2cccc(CN)n2)c1. The van der Waals surface area contributed by atoms with Gasteiger partial charge in [-0.15, -0.1) is 0 Å². The lowest BCUT2D eigenvalue weighted by atomic mass is 9.87. The molecule has 0 radical (unpaired) electrons. The van der Waals surface area contributed by atoms with Gasteiger partial charge in [-0.05, 0) is 35.2 Å². The smallest absolute Gasteiger partial charge is 0.130 e. The molecule has 0 unspecified atom stereocenters. The molecule has 1 aromatic heterocycles. The predicted molar refractivity (Wildman–Crippen MR) is 81.6 cm³/mol. The van der Waals surface area contributed by atoms with E-state index >= 15 is 0 Å². The first-order valence-corrected chi connectivity index (χ1v) is 6.87. The third-order valence-corrected chi connectivity index (χ3v) is 3.16. The molecule has 0 amide bonds. The molecular weight excluding hydrogens is 248 g/mol. The number of aromatic nitrogens is 1. The van der Waals surface area contributed by atoms with Crippen LogP contribution in [0.25, 0.3) is 0 Å². The molecule has 2 aromatic rings. The van der Waals surface area contributed by atoms with Crippen LogP contribution in [0.1, 0.15) is 37.7 Å². The number of nitrogens with zero attached hydrogens (tertiary/aromatic N) is 1. The largest absolute Gasteiger partial charge is 0.487 e. The minimum Gasteiger partial charge on any atom is -0.487 e. The number of nitrogens with two attached hydrogens (primary N) is 1. The molecule has 0 aliphatic rings. The zero-order valence-corrected chi connectivity index (χ0v) is 12.4. The normalized spacial score (nSPS) is 11.4. The number of pyridine rings is 1. The van der Waals surface area contributed by atoms with Gasteiger partial charge in [-0.3, -0.25) is 4.98 Å². The number of ether oxygens (including phenoxy) is 1. The number of hydrogen-bond acceptors (Lipinski definition) is 3. The Morgan fingerprint density at radius 3 is 2.45 bits per heavy atom. The fourth-order valence-corrected chi connectivity index (χ4v) is 1.93. The second-order valence-corrected chi connectivity index (χ2v) is 5.89. The molecule has 1 aromatic carbocycles. The van der Waals surface area contributed by atoms with Crippen molar-refractivity contribution < 1.29 is 4.74 Å². The molecule has 3 heteroatoms. The van der Waals surface area contributed by atoms with Crippen molar-refractivity contribution in [3.05, 3.63) is 59.4 Å². The Hall–Kier alpha value is -1.87. The highest BCUT2D eigenvalue weighted by atomic mass is 16.5. The van der Waals surface area contributed by atoms with Crippen molar-refractivity contribution in [2.24, 2.45) is 5.73 Å². The summed E-state index contributed by atoms with van der Waals surface area (Å²) in [5, 5.41) is 0. The van der Waals surface area contributed by atoms with Crippen LogP contribution in [-0.4, -0.2) is 4.98 Å². The molecule has 0 aliphatic carbocycles. The van der Waals surface area contributed by atoms with Crippen LogP contribution in [0.2, 0.25) is 0 Å². The first-order valence-electron chi connectivity index (χ1n) is 6.87. The second kappa shape index (κ2) is 6.06. The van der Waals surface area contributed by atoms with Gasteiger partial charge in [0.1, 0.15) is 12.4 Å². The van der Waals surface area contributed by atoms with Gasteiger partial charge < -0.3 is 10.5 Å². The van der Waals surface area contributed by atoms with Gasteiger partial charge in [-0.1, -0.05) is 39.0 Å². The highest BCUT2D eigenvalue weighted by Gasteiger charge is 2.13. The molecule has 0 saturated heterocycles. The first kappa shape index (κ1) is 14.5. The van der Waals surface area contributed by atoms with Crippen molar-refractivity contribution in [2.45, 2.75) is 39.3 Å². The summed E-state index contributed by atoms with van der Waals surface area (Å²) in [4.78, 5) is 4.43. The van der Waals surface area contributed by atoms with Crippen LogP contribution >= 0.6 is 0 Å². The zero-order chi connectivity index (χ0) is 14.6. The molecule has 20 heavy (non-hydrogen) atoms. The maximum Gasteiger partial charge on any atom is 0.130 e. The fourth-order valence-electron chi connectivity index (χ4n) is 1.93. The van der Waals surface area contributed by atoms with Crippen LogP contribution in [0.15, 0.2) is 42.5 Å². The minimum absolute atomic E-state index is 0.122. The number of benzene rings is 1. The van der Waals surface area contributed by atoms with E-state index < -0.39 is 0 Å². The Kier molecular flexibility index (Phi) is 4.40. The van der Waals surface area contributed by atoms with Gasteiger partial charge in [0.15, 0.2) is 0 Å². The third-order valence-electron chi connectivity index (χ3n) is 3.16. The van der Waals surface area contributed by atoms with E-state index in [1.165, 1.54) is 5.56 Å². The predicted octanol–water partition coefficient (Wildman–Crippen LogP) is 3.42. The highest BCUT2D eigenvalue weighted by molar-refractivity contribution is 5.32. The molecule has 106 valence electrons. The van der Waals surface area contributed by atoms with E-state index in [0.29, 0.717) is 13.2 Å². The summed E-state index contributed by atoms with van der Waals surface area (Å²) in [5.41, 5.74) is 8.76. The van der Waals surface area contributed by atoms with Crippen molar-refractivity contribution in [3.8, 4) is 5.75 Å². The lowest BCUT2D eigenvalue weighted by molar-refractivity contribution is 0.300. The van der Waals surface area contributed by atoms with Gasteiger partial charge >= 0.3 is 0 Å². The molecule has 0 saturated carbocycles. The van der Waals surface area contributed by atoms with Gasteiger partial charge in [0.25, 0.3) is 0 Å². The second-order valence-electron chi connectivity index (χ2n) is 5.89. The van der Waals surface area contributed by atoms with E-state index in [1.807, 2.05) is 30.3 Å². The molecule has 2 N–H and O–H groups in total. The van der Waals surface area contributed by atoms with Crippen LogP contribution in [0.4, 0.5) is 0 Å². The summed E-state index contributed by atoms with van der Waals surface area (Å²) in [5.74, 6) is 0.873. The molecule has 0 atom stereocenters. The van der Waals surface area contributed by atoms with Gasteiger partial charge in [0, 0.05) is 6.54 Å². The molecule has 0 spiro atoms. The standard InChI is InChI=1S/C17H22N2O/c1-17(2,3)13-6-4-9-16(10-13)20-12-15-8-5-7-14(11-18)19-15/h4-10H,11-12,18H2,1-3H3. The summed E-state index contributed by atoms with van der Waals surface area (Å²) < 4.78 is 5.82. The van der Waals surface area contributed by atoms with Gasteiger partial charge in [0.05, 0.1) is 11.4 Å². The maximum atomic E-state index is 5.82. The van der Waals surface area contributed by atoms with Gasteiger partial charge in [-0.2, -0.15) is 0 Å². The first-order chi connectivity index (χ1) is 9.49. The van der Waals surface area contributed by atoms with Crippen molar-refractivity contribution in [1.82, 2.24) is 4.98 Å². The van der Waals surface area contributed by atoms with Crippen LogP contribution in [-0.2, 0) is 18.6 Å². The molecule has 1 heterocycles. The number of rotatable bonds is 4.